The molecule has 0 saturated carbocycles. The first-order valence-electron chi connectivity index (χ1n) is 3.79. The molecule has 0 aromatic carbocycles. The molecule has 2 nitrogen and oxygen atoms in total. The first-order chi connectivity index (χ1) is 5.07. The lowest BCUT2D eigenvalue weighted by atomic mass is 10.00. The molecule has 0 radical (unpaired) electrons. The summed E-state index contributed by atoms with van der Waals surface area (Å²) in [6, 6.07) is -0.369. The van der Waals surface area contributed by atoms with E-state index >= 15 is 0 Å². The quantitative estimate of drug-likeness (QED) is 0.611. The van der Waals surface area contributed by atoms with Gasteiger partial charge in [0.2, 0.25) is 0 Å². The molecule has 0 rings (SSSR count). The lowest BCUT2D eigenvalue weighted by Crippen LogP contribution is -2.31. The van der Waals surface area contributed by atoms with Gasteiger partial charge in [0.1, 0.15) is 0 Å². The van der Waals surface area contributed by atoms with Crippen LogP contribution in [0.3, 0.4) is 0 Å². The molecule has 11 heavy (non-hydrogen) atoms. The number of rotatable bonds is 4. The third-order valence-corrected chi connectivity index (χ3v) is 1.42. The molecule has 0 amide bonds. The van der Waals surface area contributed by atoms with E-state index in [1.165, 1.54) is 0 Å². The number of carbonyl (C=O) groups is 1. The van der Waals surface area contributed by atoms with Crippen molar-refractivity contribution < 1.29 is 4.79 Å². The van der Waals surface area contributed by atoms with Crippen molar-refractivity contribution in [2.75, 3.05) is 0 Å². The highest BCUT2D eigenvalue weighted by Crippen LogP contribution is 2.04. The van der Waals surface area contributed by atoms with Crippen molar-refractivity contribution >= 4 is 5.78 Å². The third kappa shape index (κ3) is 4.58. The van der Waals surface area contributed by atoms with E-state index in [0.717, 1.165) is 6.42 Å². The number of carbonyl (C=O) groups excluding carboxylic acids is 1. The molecule has 1 unspecified atom stereocenters. The Morgan fingerprint density at radius 1 is 1.64 bits per heavy atom. The van der Waals surface area contributed by atoms with E-state index in [9.17, 15) is 4.79 Å². The molecule has 0 aliphatic carbocycles. The predicted molar refractivity (Wildman–Crippen MR) is 45.9 cm³/mol. The van der Waals surface area contributed by atoms with Crippen molar-refractivity contribution in [2.24, 2.45) is 11.7 Å². The van der Waals surface area contributed by atoms with E-state index in [0.29, 0.717) is 5.92 Å². The number of Topliss-reactive ketones (excluding diaryl/α,β-unsaturated/α-hetero) is 1. The maximum atomic E-state index is 11.0. The van der Waals surface area contributed by atoms with Gasteiger partial charge in [-0.1, -0.05) is 19.8 Å². The Kier molecular flexibility index (Phi) is 4.56. The van der Waals surface area contributed by atoms with Gasteiger partial charge in [-0.25, -0.2) is 0 Å². The Morgan fingerprint density at radius 3 is 2.55 bits per heavy atom. The summed E-state index contributed by atoms with van der Waals surface area (Å²) in [5, 5.41) is 0. The van der Waals surface area contributed by atoms with E-state index in [2.05, 4.69) is 5.92 Å². The van der Waals surface area contributed by atoms with Crippen LogP contribution in [-0.4, -0.2) is 11.8 Å². The minimum Gasteiger partial charge on any atom is -0.321 e. The average molecular weight is 153 g/mol. The molecule has 0 saturated heterocycles. The van der Waals surface area contributed by atoms with Crippen LogP contribution in [-0.2, 0) is 4.79 Å². The normalized spacial score (nSPS) is 12.6. The van der Waals surface area contributed by atoms with Gasteiger partial charge in [-0.15, -0.1) is 6.42 Å². The smallest absolute Gasteiger partial charge is 0.161 e. The molecule has 0 bridgehead atoms. The van der Waals surface area contributed by atoms with Gasteiger partial charge in [-0.05, 0) is 12.3 Å². The largest absolute Gasteiger partial charge is 0.321 e. The monoisotopic (exact) mass is 153 g/mol. The molecule has 0 fully saturated rings. The van der Waals surface area contributed by atoms with Gasteiger partial charge in [0, 0.05) is 0 Å². The lowest BCUT2D eigenvalue weighted by Gasteiger charge is -2.10. The second-order valence-electron chi connectivity index (χ2n) is 3.08. The molecule has 0 spiro atoms. The molecular formula is C9H15NO. The van der Waals surface area contributed by atoms with Gasteiger partial charge in [-0.3, -0.25) is 4.79 Å². The summed E-state index contributed by atoms with van der Waals surface area (Å²) in [6.45, 7) is 4.06. The standard InChI is InChI=1S/C9H15NO/c1-4-5-9(11)8(10)6-7(2)3/h1,7-8H,5-6,10H2,2-3H3. The van der Waals surface area contributed by atoms with Crippen LogP contribution in [0.1, 0.15) is 26.7 Å². The number of nitrogens with two attached hydrogens (primary N) is 1. The van der Waals surface area contributed by atoms with Crippen molar-refractivity contribution in [1.29, 1.82) is 0 Å². The van der Waals surface area contributed by atoms with Gasteiger partial charge in [0.25, 0.3) is 0 Å². The zero-order chi connectivity index (χ0) is 8.85. The van der Waals surface area contributed by atoms with Crippen LogP contribution in [0.4, 0.5) is 0 Å². The van der Waals surface area contributed by atoms with Gasteiger partial charge in [0.05, 0.1) is 12.5 Å². The Morgan fingerprint density at radius 2 is 2.18 bits per heavy atom. The van der Waals surface area contributed by atoms with Gasteiger partial charge < -0.3 is 5.73 Å². The van der Waals surface area contributed by atoms with Gasteiger partial charge >= 0.3 is 0 Å². The minimum absolute atomic E-state index is 0.0267. The number of hydrogen-bond donors (Lipinski definition) is 1. The summed E-state index contributed by atoms with van der Waals surface area (Å²) in [7, 11) is 0. The molecule has 62 valence electrons. The van der Waals surface area contributed by atoms with Crippen molar-refractivity contribution in [3.05, 3.63) is 0 Å². The number of hydrogen-bond acceptors (Lipinski definition) is 2. The van der Waals surface area contributed by atoms with E-state index < -0.39 is 0 Å². The summed E-state index contributed by atoms with van der Waals surface area (Å²) in [5.74, 6) is 2.72. The third-order valence-electron chi connectivity index (χ3n) is 1.42. The number of terminal acetylenes is 1. The van der Waals surface area contributed by atoms with Crippen LogP contribution in [0.2, 0.25) is 0 Å². The van der Waals surface area contributed by atoms with Gasteiger partial charge in [0.15, 0.2) is 5.78 Å². The van der Waals surface area contributed by atoms with Crippen molar-refractivity contribution in [3.63, 3.8) is 0 Å². The summed E-state index contributed by atoms with van der Waals surface area (Å²) in [4.78, 5) is 11.0. The van der Waals surface area contributed by atoms with Crippen molar-refractivity contribution in [1.82, 2.24) is 0 Å². The SMILES string of the molecule is C#CCC(=O)C(N)CC(C)C. The number of ketones is 1. The Labute approximate surface area is 68.2 Å². The zero-order valence-electron chi connectivity index (χ0n) is 7.13. The second kappa shape index (κ2) is 4.92. The van der Waals surface area contributed by atoms with E-state index in [4.69, 9.17) is 12.2 Å². The van der Waals surface area contributed by atoms with E-state index in [-0.39, 0.29) is 18.2 Å². The maximum Gasteiger partial charge on any atom is 0.161 e. The fourth-order valence-electron chi connectivity index (χ4n) is 0.871. The van der Waals surface area contributed by atoms with E-state index in [1.807, 2.05) is 13.8 Å². The molecule has 0 aromatic heterocycles. The van der Waals surface area contributed by atoms with Crippen LogP contribution >= 0.6 is 0 Å². The van der Waals surface area contributed by atoms with Crippen LogP contribution in [0.25, 0.3) is 0 Å². The first kappa shape index (κ1) is 10.2. The van der Waals surface area contributed by atoms with Crippen LogP contribution < -0.4 is 5.73 Å². The van der Waals surface area contributed by atoms with Crippen LogP contribution in [0, 0.1) is 18.3 Å². The second-order valence-corrected chi connectivity index (χ2v) is 3.08. The summed E-state index contributed by atoms with van der Waals surface area (Å²) >= 11 is 0. The molecule has 0 heterocycles. The Bertz CT molecular complexity index is 167. The highest BCUT2D eigenvalue weighted by atomic mass is 16.1. The summed E-state index contributed by atoms with van der Waals surface area (Å²) in [6.07, 6.45) is 5.85. The van der Waals surface area contributed by atoms with Crippen molar-refractivity contribution in [2.45, 2.75) is 32.7 Å². The summed E-state index contributed by atoms with van der Waals surface area (Å²) < 4.78 is 0. The van der Waals surface area contributed by atoms with Crippen LogP contribution in [0.5, 0.6) is 0 Å². The highest BCUT2D eigenvalue weighted by molar-refractivity contribution is 5.85. The van der Waals surface area contributed by atoms with Crippen molar-refractivity contribution in [3.8, 4) is 12.3 Å². The van der Waals surface area contributed by atoms with Crippen LogP contribution in [0.15, 0.2) is 0 Å². The Hall–Kier alpha value is -0.810. The zero-order valence-corrected chi connectivity index (χ0v) is 7.13. The molecule has 0 aliphatic heterocycles. The molecule has 1 atom stereocenters. The molecule has 2 heteroatoms. The topological polar surface area (TPSA) is 43.1 Å². The Balaban J connectivity index is 3.75. The molecule has 0 aromatic rings. The average Bonchev–Trinajstić information content (AvgIpc) is 1.86. The van der Waals surface area contributed by atoms with E-state index in [1.54, 1.807) is 0 Å². The maximum absolute atomic E-state index is 11.0. The minimum atomic E-state index is -0.369. The molecular weight excluding hydrogens is 138 g/mol. The highest BCUT2D eigenvalue weighted by Gasteiger charge is 2.12. The molecule has 0 aliphatic rings. The lowest BCUT2D eigenvalue weighted by molar-refractivity contribution is -0.119. The first-order valence-corrected chi connectivity index (χ1v) is 3.79. The van der Waals surface area contributed by atoms with Gasteiger partial charge in [-0.2, -0.15) is 0 Å². The summed E-state index contributed by atoms with van der Waals surface area (Å²) in [5.41, 5.74) is 5.56. The predicted octanol–water partition coefficient (Wildman–Crippen LogP) is 0.952. The molecule has 2 N–H and O–H groups in total. The fraction of sp³-hybridized carbons (Fsp3) is 0.667. The fourth-order valence-corrected chi connectivity index (χ4v) is 0.871.